The number of amides is 1. The number of pyridine rings is 1. The van der Waals surface area contributed by atoms with E-state index in [-0.39, 0.29) is 11.6 Å². The van der Waals surface area contributed by atoms with Crippen molar-refractivity contribution in [1.82, 2.24) is 20.3 Å². The first kappa shape index (κ1) is 14.2. The first-order chi connectivity index (χ1) is 10.7. The quantitative estimate of drug-likeness (QED) is 0.769. The van der Waals surface area contributed by atoms with Crippen LogP contribution in [0.5, 0.6) is 0 Å². The van der Waals surface area contributed by atoms with Gasteiger partial charge in [0.2, 0.25) is 0 Å². The molecule has 6 nitrogen and oxygen atoms in total. The lowest BCUT2D eigenvalue weighted by Crippen LogP contribution is -2.27. The van der Waals surface area contributed by atoms with E-state index in [9.17, 15) is 9.59 Å². The molecule has 0 fully saturated rings. The molecule has 0 radical (unpaired) electrons. The highest BCUT2D eigenvalue weighted by molar-refractivity contribution is 7.13. The van der Waals surface area contributed by atoms with Crippen molar-refractivity contribution in [2.24, 2.45) is 0 Å². The summed E-state index contributed by atoms with van der Waals surface area (Å²) in [5.74, 6) is -0.388. The molecular formula is C15H12N4O2S. The number of aromatic amines is 1. The zero-order chi connectivity index (χ0) is 15.4. The minimum Gasteiger partial charge on any atom is -0.347 e. The zero-order valence-corrected chi connectivity index (χ0v) is 12.3. The smallest absolute Gasteiger partial charge is 0.346 e. The molecule has 0 aliphatic heterocycles. The predicted molar refractivity (Wildman–Crippen MR) is 83.6 cm³/mol. The molecule has 2 N–H and O–H groups in total. The molecule has 0 bridgehead atoms. The Hall–Kier alpha value is -2.80. The maximum Gasteiger partial charge on any atom is 0.346 e. The molecule has 0 aliphatic carbocycles. The van der Waals surface area contributed by atoms with Gasteiger partial charge in [0.1, 0.15) is 5.69 Å². The molecule has 3 rings (SSSR count). The van der Waals surface area contributed by atoms with Crippen LogP contribution in [0.3, 0.4) is 0 Å². The number of carbonyl (C=O) groups is 1. The van der Waals surface area contributed by atoms with Crippen molar-refractivity contribution in [1.29, 1.82) is 0 Å². The number of carbonyl (C=O) groups excluding carboxylic acids is 1. The van der Waals surface area contributed by atoms with Crippen molar-refractivity contribution < 1.29 is 4.79 Å². The van der Waals surface area contributed by atoms with E-state index < -0.39 is 5.69 Å². The molecule has 0 aliphatic rings. The van der Waals surface area contributed by atoms with Crippen LogP contribution in [0.1, 0.15) is 16.1 Å². The van der Waals surface area contributed by atoms with Gasteiger partial charge in [-0.15, -0.1) is 11.3 Å². The van der Waals surface area contributed by atoms with Gasteiger partial charge in [0.05, 0.1) is 10.6 Å². The normalized spacial score (nSPS) is 10.4. The Kier molecular flexibility index (Phi) is 4.06. The second-order valence-electron chi connectivity index (χ2n) is 4.50. The fourth-order valence-corrected chi connectivity index (χ4v) is 2.61. The first-order valence-electron chi connectivity index (χ1n) is 6.55. The molecule has 0 saturated heterocycles. The van der Waals surface area contributed by atoms with Crippen LogP contribution < -0.4 is 11.0 Å². The summed E-state index contributed by atoms with van der Waals surface area (Å²) in [5, 5.41) is 4.64. The van der Waals surface area contributed by atoms with E-state index in [2.05, 4.69) is 20.3 Å². The van der Waals surface area contributed by atoms with Gasteiger partial charge in [-0.3, -0.25) is 9.78 Å². The molecule has 0 aromatic carbocycles. The summed E-state index contributed by atoms with van der Waals surface area (Å²) >= 11 is 1.48. The summed E-state index contributed by atoms with van der Waals surface area (Å²) in [6.45, 7) is 0.351. The number of nitrogens with zero attached hydrogens (tertiary/aromatic N) is 2. The maximum absolute atomic E-state index is 12.2. The molecule has 3 aromatic heterocycles. The highest BCUT2D eigenvalue weighted by Crippen LogP contribution is 2.21. The molecule has 1 amide bonds. The summed E-state index contributed by atoms with van der Waals surface area (Å²) in [6, 6.07) is 8.94. The van der Waals surface area contributed by atoms with Crippen molar-refractivity contribution in [2.45, 2.75) is 6.54 Å². The van der Waals surface area contributed by atoms with Crippen LogP contribution in [-0.2, 0) is 6.54 Å². The van der Waals surface area contributed by atoms with E-state index >= 15 is 0 Å². The molecule has 3 aromatic rings. The topological polar surface area (TPSA) is 87.7 Å². The van der Waals surface area contributed by atoms with E-state index in [1.807, 2.05) is 29.6 Å². The number of rotatable bonds is 4. The van der Waals surface area contributed by atoms with Crippen LogP contribution >= 0.6 is 11.3 Å². The Balaban J connectivity index is 1.79. The number of hydrogen-bond donors (Lipinski definition) is 2. The van der Waals surface area contributed by atoms with Gasteiger partial charge in [-0.05, 0) is 35.2 Å². The Morgan fingerprint density at radius 3 is 2.82 bits per heavy atom. The van der Waals surface area contributed by atoms with Gasteiger partial charge in [-0.25, -0.2) is 4.79 Å². The minimum absolute atomic E-state index is 0.0983. The summed E-state index contributed by atoms with van der Waals surface area (Å²) in [5.41, 5.74) is 1.07. The van der Waals surface area contributed by atoms with E-state index in [4.69, 9.17) is 0 Å². The Labute approximate surface area is 129 Å². The number of thiophene rings is 1. The standard InChI is InChI=1S/C15H12N4O2S/c20-14(17-9-10-3-5-16-6-4-10)12-8-11(18-15(21)19-12)13-2-1-7-22-13/h1-8H,9H2,(H,17,20)(H,18,19,21). The first-order valence-corrected chi connectivity index (χ1v) is 7.43. The minimum atomic E-state index is -0.542. The molecule has 0 unspecified atom stereocenters. The maximum atomic E-state index is 12.2. The number of H-pyrrole nitrogens is 1. The van der Waals surface area contributed by atoms with E-state index in [1.165, 1.54) is 11.3 Å². The van der Waals surface area contributed by atoms with E-state index in [0.29, 0.717) is 12.2 Å². The third kappa shape index (κ3) is 3.26. The monoisotopic (exact) mass is 312 g/mol. The fourth-order valence-electron chi connectivity index (χ4n) is 1.91. The lowest BCUT2D eigenvalue weighted by Gasteiger charge is -2.05. The molecular weight excluding hydrogens is 300 g/mol. The Morgan fingerprint density at radius 1 is 1.27 bits per heavy atom. The van der Waals surface area contributed by atoms with Crippen LogP contribution in [0.4, 0.5) is 0 Å². The van der Waals surface area contributed by atoms with E-state index in [0.717, 1.165) is 10.4 Å². The summed E-state index contributed by atoms with van der Waals surface area (Å²) < 4.78 is 0. The summed E-state index contributed by atoms with van der Waals surface area (Å²) in [6.07, 6.45) is 3.31. The van der Waals surface area contributed by atoms with Crippen LogP contribution in [0.25, 0.3) is 10.6 Å². The molecule has 3 heterocycles. The van der Waals surface area contributed by atoms with Gasteiger partial charge >= 0.3 is 5.69 Å². The fraction of sp³-hybridized carbons (Fsp3) is 0.0667. The highest BCUT2D eigenvalue weighted by atomic mass is 32.1. The van der Waals surface area contributed by atoms with E-state index in [1.54, 1.807) is 18.5 Å². The predicted octanol–water partition coefficient (Wildman–Crippen LogP) is 1.82. The van der Waals surface area contributed by atoms with Crippen molar-refractivity contribution in [3.05, 3.63) is 69.8 Å². The molecule has 0 atom stereocenters. The molecule has 22 heavy (non-hydrogen) atoms. The summed E-state index contributed by atoms with van der Waals surface area (Å²) in [7, 11) is 0. The Morgan fingerprint density at radius 2 is 2.09 bits per heavy atom. The van der Waals surface area contributed by atoms with Gasteiger partial charge in [-0.1, -0.05) is 6.07 Å². The van der Waals surface area contributed by atoms with Crippen molar-refractivity contribution in [2.75, 3.05) is 0 Å². The van der Waals surface area contributed by atoms with Crippen LogP contribution in [-0.4, -0.2) is 20.9 Å². The van der Waals surface area contributed by atoms with Crippen LogP contribution in [0.15, 0.2) is 52.9 Å². The second kappa shape index (κ2) is 6.31. The van der Waals surface area contributed by atoms with Crippen molar-refractivity contribution >= 4 is 17.2 Å². The largest absolute Gasteiger partial charge is 0.347 e. The third-order valence-corrected chi connectivity index (χ3v) is 3.87. The lowest BCUT2D eigenvalue weighted by molar-refractivity contribution is 0.0945. The lowest BCUT2D eigenvalue weighted by atomic mass is 10.2. The van der Waals surface area contributed by atoms with Crippen molar-refractivity contribution in [3.63, 3.8) is 0 Å². The molecule has 0 spiro atoms. The third-order valence-electron chi connectivity index (χ3n) is 2.97. The van der Waals surface area contributed by atoms with Gasteiger partial charge in [0.25, 0.3) is 5.91 Å². The van der Waals surface area contributed by atoms with Crippen molar-refractivity contribution in [3.8, 4) is 10.6 Å². The number of aromatic nitrogens is 3. The molecule has 0 saturated carbocycles. The van der Waals surface area contributed by atoms with Gasteiger partial charge in [0.15, 0.2) is 0 Å². The average molecular weight is 312 g/mol. The SMILES string of the molecule is O=C(NCc1ccncc1)c1cc(-c2cccs2)[nH]c(=O)n1. The second-order valence-corrected chi connectivity index (χ2v) is 5.45. The van der Waals surface area contributed by atoms with Crippen LogP contribution in [0.2, 0.25) is 0 Å². The van der Waals surface area contributed by atoms with Gasteiger partial charge < -0.3 is 10.3 Å². The summed E-state index contributed by atoms with van der Waals surface area (Å²) in [4.78, 5) is 34.9. The Bertz CT molecular complexity index is 828. The number of nitrogens with one attached hydrogen (secondary N) is 2. The van der Waals surface area contributed by atoms with Crippen LogP contribution in [0, 0.1) is 0 Å². The molecule has 110 valence electrons. The number of hydrogen-bond acceptors (Lipinski definition) is 5. The zero-order valence-electron chi connectivity index (χ0n) is 11.4. The molecule has 7 heteroatoms. The van der Waals surface area contributed by atoms with Gasteiger partial charge in [-0.2, -0.15) is 4.98 Å². The highest BCUT2D eigenvalue weighted by Gasteiger charge is 2.11. The van der Waals surface area contributed by atoms with Gasteiger partial charge in [0, 0.05) is 18.9 Å². The average Bonchev–Trinajstić information content (AvgIpc) is 3.07.